The van der Waals surface area contributed by atoms with Crippen molar-refractivity contribution in [3.05, 3.63) is 35.7 Å². The number of para-hydroxylation sites is 1. The molecule has 0 spiro atoms. The minimum atomic E-state index is -0.183. The van der Waals surface area contributed by atoms with Crippen LogP contribution in [0.4, 0.5) is 0 Å². The molecule has 0 atom stereocenters. The van der Waals surface area contributed by atoms with Crippen molar-refractivity contribution < 1.29 is 4.79 Å². The smallest absolute Gasteiger partial charge is 0.253 e. The normalized spacial score (nSPS) is 18.9. The van der Waals surface area contributed by atoms with E-state index >= 15 is 0 Å². The summed E-state index contributed by atoms with van der Waals surface area (Å²) in [6, 6.07) is 5.75. The highest BCUT2D eigenvalue weighted by atomic mass is 16.1. The monoisotopic (exact) mass is 326 g/mol. The van der Waals surface area contributed by atoms with Crippen LogP contribution in [0.1, 0.15) is 57.7 Å². The third-order valence-corrected chi connectivity index (χ3v) is 4.25. The summed E-state index contributed by atoms with van der Waals surface area (Å²) < 4.78 is 0. The summed E-state index contributed by atoms with van der Waals surface area (Å²) in [7, 11) is 0. The van der Waals surface area contributed by atoms with Gasteiger partial charge in [0.1, 0.15) is 11.3 Å². The van der Waals surface area contributed by atoms with E-state index in [9.17, 15) is 4.79 Å². The van der Waals surface area contributed by atoms with E-state index in [2.05, 4.69) is 49.4 Å². The number of nitrogens with one attached hydrogen (secondary N) is 3. The first-order valence-electron chi connectivity index (χ1n) is 8.42. The molecule has 128 valence electrons. The lowest BCUT2D eigenvalue weighted by Crippen LogP contribution is -2.45. The van der Waals surface area contributed by atoms with Crippen LogP contribution in [-0.4, -0.2) is 33.0 Å². The lowest BCUT2D eigenvalue weighted by atomic mass is 9.96. The third-order valence-electron chi connectivity index (χ3n) is 4.25. The molecular weight excluding hydrogens is 300 g/mol. The molecule has 1 aliphatic rings. The lowest BCUT2D eigenvalue weighted by Gasteiger charge is -2.27. The van der Waals surface area contributed by atoms with E-state index in [-0.39, 0.29) is 23.0 Å². The topological polar surface area (TPSA) is 69.8 Å². The molecule has 0 fully saturated rings. The maximum absolute atomic E-state index is 12.4. The van der Waals surface area contributed by atoms with E-state index < -0.39 is 0 Å². The van der Waals surface area contributed by atoms with Gasteiger partial charge < -0.3 is 10.3 Å². The summed E-state index contributed by atoms with van der Waals surface area (Å²) in [5, 5.41) is 6.53. The predicted molar refractivity (Wildman–Crippen MR) is 98.0 cm³/mol. The van der Waals surface area contributed by atoms with Crippen molar-refractivity contribution in [1.82, 2.24) is 20.6 Å². The number of rotatable bonds is 3. The van der Waals surface area contributed by atoms with Crippen LogP contribution in [0, 0.1) is 0 Å². The standard InChI is InChI=1S/C19H26N4O/c1-11(2)20-17(24)12-8-7-9-14-15(12)22-16(21-14)13-10-18(3,4)23-19(13,5)6/h7-11,23H,1-6H3,(H,20,24)(H,21,22). The van der Waals surface area contributed by atoms with Gasteiger partial charge >= 0.3 is 0 Å². The number of aromatic amines is 1. The number of hydrogen-bond acceptors (Lipinski definition) is 3. The largest absolute Gasteiger partial charge is 0.350 e. The maximum Gasteiger partial charge on any atom is 0.253 e. The molecule has 0 unspecified atom stereocenters. The number of H-pyrrole nitrogens is 1. The zero-order chi connectivity index (χ0) is 17.7. The molecule has 2 heterocycles. The highest BCUT2D eigenvalue weighted by Gasteiger charge is 2.38. The second-order valence-corrected chi connectivity index (χ2v) is 7.95. The van der Waals surface area contributed by atoms with Crippen molar-refractivity contribution in [3.8, 4) is 0 Å². The number of carbonyl (C=O) groups is 1. The average Bonchev–Trinajstić information content (AvgIpc) is 2.94. The van der Waals surface area contributed by atoms with E-state index in [1.165, 1.54) is 0 Å². The Bertz CT molecular complexity index is 827. The number of amides is 1. The quantitative estimate of drug-likeness (QED) is 0.811. The SMILES string of the molecule is CC(C)NC(=O)c1cccc2[nH]c(C3=CC(C)(C)NC3(C)C)nc12. The molecule has 2 aromatic rings. The van der Waals surface area contributed by atoms with Crippen LogP contribution >= 0.6 is 0 Å². The molecule has 3 rings (SSSR count). The zero-order valence-corrected chi connectivity index (χ0v) is 15.2. The predicted octanol–water partition coefficient (Wildman–Crippen LogP) is 3.24. The van der Waals surface area contributed by atoms with Crippen LogP contribution in [0.15, 0.2) is 24.3 Å². The van der Waals surface area contributed by atoms with Crippen LogP contribution in [0.5, 0.6) is 0 Å². The summed E-state index contributed by atoms with van der Waals surface area (Å²) in [5.41, 5.74) is 3.05. The van der Waals surface area contributed by atoms with Crippen LogP contribution in [0.2, 0.25) is 0 Å². The molecule has 0 bridgehead atoms. The van der Waals surface area contributed by atoms with Crippen molar-refractivity contribution in [2.24, 2.45) is 0 Å². The van der Waals surface area contributed by atoms with Gasteiger partial charge in [0.25, 0.3) is 5.91 Å². The number of benzene rings is 1. The second-order valence-electron chi connectivity index (χ2n) is 7.95. The van der Waals surface area contributed by atoms with Crippen molar-refractivity contribution >= 4 is 22.5 Å². The highest BCUT2D eigenvalue weighted by Crippen LogP contribution is 2.36. The number of imidazole rings is 1. The molecule has 0 saturated carbocycles. The molecule has 3 N–H and O–H groups in total. The number of carbonyl (C=O) groups excluding carboxylic acids is 1. The Morgan fingerprint density at radius 3 is 2.50 bits per heavy atom. The second kappa shape index (κ2) is 5.45. The molecule has 1 aromatic carbocycles. The van der Waals surface area contributed by atoms with Gasteiger partial charge in [0, 0.05) is 22.7 Å². The van der Waals surface area contributed by atoms with E-state index in [0.29, 0.717) is 11.1 Å². The Kier molecular flexibility index (Phi) is 3.79. The van der Waals surface area contributed by atoms with E-state index in [4.69, 9.17) is 4.98 Å². The number of fused-ring (bicyclic) bond motifs is 1. The molecular formula is C19H26N4O. The first kappa shape index (κ1) is 16.7. The van der Waals surface area contributed by atoms with Crippen LogP contribution in [0.25, 0.3) is 16.6 Å². The van der Waals surface area contributed by atoms with Gasteiger partial charge in [0.05, 0.1) is 11.1 Å². The summed E-state index contributed by atoms with van der Waals surface area (Å²) in [4.78, 5) is 20.6. The van der Waals surface area contributed by atoms with Crippen LogP contribution in [0.3, 0.4) is 0 Å². The summed E-state index contributed by atoms with van der Waals surface area (Å²) in [5.74, 6) is 0.727. The molecule has 24 heavy (non-hydrogen) atoms. The van der Waals surface area contributed by atoms with Gasteiger partial charge in [-0.2, -0.15) is 0 Å². The van der Waals surface area contributed by atoms with Crippen molar-refractivity contribution in [3.63, 3.8) is 0 Å². The van der Waals surface area contributed by atoms with Gasteiger partial charge in [-0.05, 0) is 53.7 Å². The molecule has 1 aliphatic heterocycles. The molecule has 1 aromatic heterocycles. The minimum absolute atomic E-state index is 0.0876. The summed E-state index contributed by atoms with van der Waals surface area (Å²) >= 11 is 0. The van der Waals surface area contributed by atoms with Crippen molar-refractivity contribution in [2.45, 2.75) is 58.7 Å². The van der Waals surface area contributed by atoms with Gasteiger partial charge in [-0.15, -0.1) is 0 Å². The third kappa shape index (κ3) is 2.96. The molecule has 5 nitrogen and oxygen atoms in total. The first-order valence-corrected chi connectivity index (χ1v) is 8.42. The fourth-order valence-corrected chi connectivity index (χ4v) is 3.50. The van der Waals surface area contributed by atoms with Crippen LogP contribution < -0.4 is 10.6 Å². The highest BCUT2D eigenvalue weighted by molar-refractivity contribution is 6.05. The minimum Gasteiger partial charge on any atom is -0.350 e. The summed E-state index contributed by atoms with van der Waals surface area (Å²) in [6.07, 6.45) is 2.21. The molecule has 0 saturated heterocycles. The van der Waals surface area contributed by atoms with Gasteiger partial charge in [0.15, 0.2) is 0 Å². The molecule has 5 heteroatoms. The molecule has 0 radical (unpaired) electrons. The molecule has 0 aliphatic carbocycles. The van der Waals surface area contributed by atoms with Crippen LogP contribution in [-0.2, 0) is 0 Å². The van der Waals surface area contributed by atoms with Gasteiger partial charge in [0.2, 0.25) is 0 Å². The van der Waals surface area contributed by atoms with Gasteiger partial charge in [-0.3, -0.25) is 10.1 Å². The Labute approximate surface area is 142 Å². The molecule has 1 amide bonds. The Balaban J connectivity index is 2.09. The van der Waals surface area contributed by atoms with E-state index in [1.807, 2.05) is 32.0 Å². The average molecular weight is 326 g/mol. The van der Waals surface area contributed by atoms with E-state index in [0.717, 1.165) is 16.9 Å². The fourth-order valence-electron chi connectivity index (χ4n) is 3.50. The number of nitrogens with zero attached hydrogens (tertiary/aromatic N) is 1. The number of hydrogen-bond donors (Lipinski definition) is 3. The fraction of sp³-hybridized carbons (Fsp3) is 0.474. The van der Waals surface area contributed by atoms with Crippen molar-refractivity contribution in [1.29, 1.82) is 0 Å². The Hall–Kier alpha value is -2.14. The van der Waals surface area contributed by atoms with Gasteiger partial charge in [-0.1, -0.05) is 12.1 Å². The zero-order valence-electron chi connectivity index (χ0n) is 15.2. The van der Waals surface area contributed by atoms with Crippen molar-refractivity contribution in [2.75, 3.05) is 0 Å². The lowest BCUT2D eigenvalue weighted by molar-refractivity contribution is 0.0944. The number of aromatic nitrogens is 2. The maximum atomic E-state index is 12.4. The Morgan fingerprint density at radius 1 is 1.21 bits per heavy atom. The first-order chi connectivity index (χ1) is 11.1. The summed E-state index contributed by atoms with van der Waals surface area (Å²) in [6.45, 7) is 12.5. The van der Waals surface area contributed by atoms with Gasteiger partial charge in [-0.25, -0.2) is 4.98 Å². The Morgan fingerprint density at radius 2 is 1.92 bits per heavy atom. The van der Waals surface area contributed by atoms with E-state index in [1.54, 1.807) is 0 Å².